The molecule has 2 rings (SSSR count). The average molecular weight is 199 g/mol. The van der Waals surface area contributed by atoms with E-state index in [1.807, 2.05) is 36.6 Å². The second kappa shape index (κ2) is 4.08. The van der Waals surface area contributed by atoms with Crippen LogP contribution in [0.4, 0.5) is 0 Å². The number of aryl methyl sites for hydroxylation is 1. The number of thiophene rings is 1. The lowest BCUT2D eigenvalue weighted by Gasteiger charge is -1.92. The minimum absolute atomic E-state index is 0.862. The van der Waals surface area contributed by atoms with Gasteiger partial charge in [0.25, 0.3) is 0 Å². The number of nitrogens with zero attached hydrogens (tertiary/aromatic N) is 1. The van der Waals surface area contributed by atoms with Gasteiger partial charge in [0.15, 0.2) is 0 Å². The molecule has 0 atom stereocenters. The summed E-state index contributed by atoms with van der Waals surface area (Å²) in [7, 11) is 0. The first-order chi connectivity index (χ1) is 6.86. The predicted molar refractivity (Wildman–Crippen MR) is 59.3 cm³/mol. The molecule has 0 amide bonds. The first kappa shape index (κ1) is 8.98. The van der Waals surface area contributed by atoms with Crippen molar-refractivity contribution < 1.29 is 0 Å². The Morgan fingerprint density at radius 1 is 1.21 bits per heavy atom. The van der Waals surface area contributed by atoms with E-state index in [1.54, 1.807) is 17.5 Å². The molecule has 0 unspecified atom stereocenters. The molecule has 2 heteroatoms. The minimum atomic E-state index is 0.862. The number of rotatable bonds is 0. The zero-order valence-electron chi connectivity index (χ0n) is 7.82. The van der Waals surface area contributed by atoms with Crippen LogP contribution in [0, 0.1) is 18.8 Å². The number of hydrogen-bond acceptors (Lipinski definition) is 2. The zero-order valence-corrected chi connectivity index (χ0v) is 8.64. The van der Waals surface area contributed by atoms with Gasteiger partial charge < -0.3 is 0 Å². The lowest BCUT2D eigenvalue weighted by molar-refractivity contribution is 1.23. The third-order valence-electron chi connectivity index (χ3n) is 1.83. The van der Waals surface area contributed by atoms with Crippen LogP contribution in [-0.2, 0) is 0 Å². The monoisotopic (exact) mass is 199 g/mol. The summed E-state index contributed by atoms with van der Waals surface area (Å²) in [4.78, 5) is 5.29. The molecule has 0 N–H and O–H groups in total. The maximum atomic E-state index is 4.21. The molecule has 0 saturated carbocycles. The van der Waals surface area contributed by atoms with Crippen LogP contribution in [-0.4, -0.2) is 4.98 Å². The van der Waals surface area contributed by atoms with E-state index in [0.29, 0.717) is 0 Å². The first-order valence-electron chi connectivity index (χ1n) is 4.33. The quantitative estimate of drug-likeness (QED) is 0.594. The van der Waals surface area contributed by atoms with Gasteiger partial charge in [-0.25, -0.2) is 4.98 Å². The van der Waals surface area contributed by atoms with E-state index in [1.165, 1.54) is 0 Å². The Labute approximate surface area is 87.4 Å². The molecule has 0 radical (unpaired) electrons. The fourth-order valence-corrected chi connectivity index (χ4v) is 1.66. The molecule has 0 aliphatic heterocycles. The Balaban J connectivity index is 2.31. The summed E-state index contributed by atoms with van der Waals surface area (Å²) in [6, 6.07) is 7.95. The highest BCUT2D eigenvalue weighted by atomic mass is 32.1. The van der Waals surface area contributed by atoms with Crippen molar-refractivity contribution >= 4 is 11.3 Å². The van der Waals surface area contributed by atoms with Crippen LogP contribution >= 0.6 is 11.3 Å². The Kier molecular flexibility index (Phi) is 2.62. The third kappa shape index (κ3) is 2.01. The van der Waals surface area contributed by atoms with Gasteiger partial charge in [-0.2, -0.15) is 0 Å². The molecular formula is C12H9NS. The van der Waals surface area contributed by atoms with Gasteiger partial charge in [0, 0.05) is 6.20 Å². The van der Waals surface area contributed by atoms with E-state index in [0.717, 1.165) is 16.1 Å². The molecule has 0 bridgehead atoms. The Bertz CT molecular complexity index is 475. The standard InChI is InChI=1S/C12H9NS/c1-10-4-2-8-13-12(10)7-6-11-5-3-9-14-11/h2-5,8-9H,1H3. The Morgan fingerprint density at radius 3 is 2.86 bits per heavy atom. The van der Waals surface area contributed by atoms with E-state index in [2.05, 4.69) is 16.8 Å². The summed E-state index contributed by atoms with van der Waals surface area (Å²) in [6.45, 7) is 2.02. The fourth-order valence-electron chi connectivity index (χ4n) is 1.09. The predicted octanol–water partition coefficient (Wildman–Crippen LogP) is 2.85. The normalized spacial score (nSPS) is 9.21. The molecule has 2 aromatic rings. The largest absolute Gasteiger partial charge is 0.248 e. The van der Waals surface area contributed by atoms with E-state index in [9.17, 15) is 0 Å². The van der Waals surface area contributed by atoms with Crippen molar-refractivity contribution in [1.29, 1.82) is 0 Å². The maximum absolute atomic E-state index is 4.21. The molecule has 2 aromatic heterocycles. The van der Waals surface area contributed by atoms with Crippen molar-refractivity contribution in [3.8, 4) is 11.8 Å². The zero-order chi connectivity index (χ0) is 9.80. The van der Waals surface area contributed by atoms with Gasteiger partial charge in [-0.3, -0.25) is 0 Å². The third-order valence-corrected chi connectivity index (χ3v) is 2.62. The highest BCUT2D eigenvalue weighted by Crippen LogP contribution is 2.07. The van der Waals surface area contributed by atoms with Crippen LogP contribution in [0.5, 0.6) is 0 Å². The van der Waals surface area contributed by atoms with Gasteiger partial charge in [-0.1, -0.05) is 12.1 Å². The highest BCUT2D eigenvalue weighted by Gasteiger charge is 1.92. The summed E-state index contributed by atoms with van der Waals surface area (Å²) in [6.07, 6.45) is 1.77. The minimum Gasteiger partial charge on any atom is -0.248 e. The number of aromatic nitrogens is 1. The molecule has 0 aliphatic rings. The van der Waals surface area contributed by atoms with Crippen LogP contribution in [0.25, 0.3) is 0 Å². The van der Waals surface area contributed by atoms with E-state index in [-0.39, 0.29) is 0 Å². The molecule has 0 fully saturated rings. The van der Waals surface area contributed by atoms with Crippen molar-refractivity contribution in [2.24, 2.45) is 0 Å². The number of hydrogen-bond donors (Lipinski definition) is 0. The maximum Gasteiger partial charge on any atom is 0.116 e. The van der Waals surface area contributed by atoms with E-state index in [4.69, 9.17) is 0 Å². The van der Waals surface area contributed by atoms with Crippen LogP contribution in [0.3, 0.4) is 0 Å². The molecular weight excluding hydrogens is 190 g/mol. The molecule has 1 nitrogen and oxygen atoms in total. The van der Waals surface area contributed by atoms with E-state index < -0.39 is 0 Å². The van der Waals surface area contributed by atoms with Crippen LogP contribution in [0.1, 0.15) is 16.1 Å². The average Bonchev–Trinajstić information content (AvgIpc) is 2.69. The summed E-state index contributed by atoms with van der Waals surface area (Å²) in [5.41, 5.74) is 1.98. The molecule has 0 aliphatic carbocycles. The second-order valence-electron chi connectivity index (χ2n) is 2.90. The van der Waals surface area contributed by atoms with Gasteiger partial charge >= 0.3 is 0 Å². The van der Waals surface area contributed by atoms with Crippen molar-refractivity contribution in [3.63, 3.8) is 0 Å². The van der Waals surface area contributed by atoms with Gasteiger partial charge in [0.2, 0.25) is 0 Å². The van der Waals surface area contributed by atoms with Gasteiger partial charge in [-0.15, -0.1) is 11.3 Å². The SMILES string of the molecule is Cc1cccnc1C#Cc1cccs1. The fraction of sp³-hybridized carbons (Fsp3) is 0.0833. The summed E-state index contributed by atoms with van der Waals surface area (Å²) < 4.78 is 0. The Hall–Kier alpha value is -1.59. The van der Waals surface area contributed by atoms with Gasteiger partial charge in [0.05, 0.1) is 4.88 Å². The molecule has 68 valence electrons. The molecule has 14 heavy (non-hydrogen) atoms. The summed E-state index contributed by atoms with van der Waals surface area (Å²) in [5.74, 6) is 6.15. The van der Waals surface area contributed by atoms with Crippen LogP contribution in [0.2, 0.25) is 0 Å². The Morgan fingerprint density at radius 2 is 2.14 bits per heavy atom. The topological polar surface area (TPSA) is 12.9 Å². The van der Waals surface area contributed by atoms with Crippen LogP contribution in [0.15, 0.2) is 35.8 Å². The van der Waals surface area contributed by atoms with E-state index >= 15 is 0 Å². The van der Waals surface area contributed by atoms with Crippen molar-refractivity contribution in [2.45, 2.75) is 6.92 Å². The lowest BCUT2D eigenvalue weighted by Crippen LogP contribution is -1.85. The summed E-state index contributed by atoms with van der Waals surface area (Å²) >= 11 is 1.65. The molecule has 0 saturated heterocycles. The summed E-state index contributed by atoms with van der Waals surface area (Å²) in [5, 5.41) is 2.02. The van der Waals surface area contributed by atoms with Crippen molar-refractivity contribution in [1.82, 2.24) is 4.98 Å². The number of pyridine rings is 1. The highest BCUT2D eigenvalue weighted by molar-refractivity contribution is 7.10. The molecule has 0 spiro atoms. The second-order valence-corrected chi connectivity index (χ2v) is 3.84. The smallest absolute Gasteiger partial charge is 0.116 e. The van der Waals surface area contributed by atoms with Gasteiger partial charge in [0.1, 0.15) is 5.69 Å². The van der Waals surface area contributed by atoms with Gasteiger partial charge in [-0.05, 0) is 41.8 Å². The lowest BCUT2D eigenvalue weighted by atomic mass is 10.2. The van der Waals surface area contributed by atoms with Crippen molar-refractivity contribution in [3.05, 3.63) is 52.0 Å². The van der Waals surface area contributed by atoms with Crippen LogP contribution < -0.4 is 0 Å². The first-order valence-corrected chi connectivity index (χ1v) is 5.21. The molecule has 0 aromatic carbocycles. The molecule has 2 heterocycles. The van der Waals surface area contributed by atoms with Crippen molar-refractivity contribution in [2.75, 3.05) is 0 Å².